The van der Waals surface area contributed by atoms with Gasteiger partial charge in [0, 0.05) is 11.2 Å². The second-order valence-electron chi connectivity index (χ2n) is 3.46. The molecule has 0 fully saturated rings. The number of carbonyl (C=O) groups is 1. The number of nitrogen functional groups attached to an aromatic ring is 1. The van der Waals surface area contributed by atoms with E-state index in [0.717, 1.165) is 0 Å². The lowest BCUT2D eigenvalue weighted by molar-refractivity contribution is 0.0963. The average molecular weight is 250 g/mol. The molecule has 0 aliphatic carbocycles. The average Bonchev–Trinajstić information content (AvgIpc) is 2.65. The molecule has 1 heterocycles. The van der Waals surface area contributed by atoms with Crippen molar-refractivity contribution < 1.29 is 9.18 Å². The van der Waals surface area contributed by atoms with E-state index in [0.29, 0.717) is 21.5 Å². The first-order valence-corrected chi connectivity index (χ1v) is 5.82. The maximum Gasteiger partial charge on any atom is 0.263 e. The number of benzene rings is 1. The fourth-order valence-corrected chi connectivity index (χ4v) is 2.60. The molecule has 3 N–H and O–H groups in total. The number of anilines is 1. The molecule has 0 saturated heterocycles. The van der Waals surface area contributed by atoms with Crippen LogP contribution in [0.4, 0.5) is 10.1 Å². The number of nitrogens with two attached hydrogens (primary N) is 1. The van der Waals surface area contributed by atoms with Gasteiger partial charge in [0.2, 0.25) is 0 Å². The SMILES string of the molecule is C=CCNC(=O)c1sc2cccc(F)c2c1N. The van der Waals surface area contributed by atoms with Gasteiger partial charge in [0.05, 0.1) is 11.1 Å². The highest BCUT2D eigenvalue weighted by Gasteiger charge is 2.17. The smallest absolute Gasteiger partial charge is 0.263 e. The summed E-state index contributed by atoms with van der Waals surface area (Å²) in [6.07, 6.45) is 1.57. The lowest BCUT2D eigenvalue weighted by Crippen LogP contribution is -2.22. The largest absolute Gasteiger partial charge is 0.397 e. The quantitative estimate of drug-likeness (QED) is 0.822. The Balaban J connectivity index is 2.49. The van der Waals surface area contributed by atoms with Gasteiger partial charge in [-0.15, -0.1) is 17.9 Å². The van der Waals surface area contributed by atoms with E-state index < -0.39 is 5.82 Å². The molecule has 1 aromatic heterocycles. The third-order valence-corrected chi connectivity index (χ3v) is 3.48. The highest BCUT2D eigenvalue weighted by molar-refractivity contribution is 7.21. The summed E-state index contributed by atoms with van der Waals surface area (Å²) < 4.78 is 14.2. The molecule has 17 heavy (non-hydrogen) atoms. The van der Waals surface area contributed by atoms with Crippen LogP contribution in [0.5, 0.6) is 0 Å². The maximum absolute atomic E-state index is 13.6. The van der Waals surface area contributed by atoms with Crippen LogP contribution in [0, 0.1) is 5.82 Å². The zero-order chi connectivity index (χ0) is 12.4. The molecular formula is C12H11FN2OS. The van der Waals surface area contributed by atoms with Crippen LogP contribution >= 0.6 is 11.3 Å². The topological polar surface area (TPSA) is 55.1 Å². The standard InChI is InChI=1S/C12H11FN2OS/c1-2-6-15-12(16)11-10(14)9-7(13)4-3-5-8(9)17-11/h2-5H,1,6,14H2,(H,15,16). The van der Waals surface area contributed by atoms with Crippen LogP contribution < -0.4 is 11.1 Å². The van der Waals surface area contributed by atoms with Gasteiger partial charge in [0.15, 0.2) is 0 Å². The first-order chi connectivity index (χ1) is 8.15. The van der Waals surface area contributed by atoms with Crippen LogP contribution in [-0.4, -0.2) is 12.5 Å². The van der Waals surface area contributed by atoms with E-state index in [1.165, 1.54) is 17.4 Å². The summed E-state index contributed by atoms with van der Waals surface area (Å²) in [6.45, 7) is 3.86. The maximum atomic E-state index is 13.6. The first kappa shape index (κ1) is 11.6. The summed E-state index contributed by atoms with van der Waals surface area (Å²) in [7, 11) is 0. The van der Waals surface area contributed by atoms with Crippen molar-refractivity contribution in [1.82, 2.24) is 5.32 Å². The van der Waals surface area contributed by atoms with Crippen molar-refractivity contribution >= 4 is 33.0 Å². The van der Waals surface area contributed by atoms with Gasteiger partial charge in [-0.1, -0.05) is 12.1 Å². The second-order valence-corrected chi connectivity index (χ2v) is 4.51. The summed E-state index contributed by atoms with van der Waals surface area (Å²) in [5.74, 6) is -0.706. The fourth-order valence-electron chi connectivity index (χ4n) is 1.54. The zero-order valence-corrected chi connectivity index (χ0v) is 9.81. The van der Waals surface area contributed by atoms with Crippen molar-refractivity contribution in [2.75, 3.05) is 12.3 Å². The number of rotatable bonds is 3. The third-order valence-electron chi connectivity index (χ3n) is 2.31. The molecule has 0 saturated carbocycles. The molecule has 0 aliphatic heterocycles. The van der Waals surface area contributed by atoms with Gasteiger partial charge in [-0.3, -0.25) is 4.79 Å². The minimum absolute atomic E-state index is 0.199. The van der Waals surface area contributed by atoms with Gasteiger partial charge in [-0.2, -0.15) is 0 Å². The predicted molar refractivity (Wildman–Crippen MR) is 68.7 cm³/mol. The molecule has 0 spiro atoms. The van der Waals surface area contributed by atoms with Crippen LogP contribution in [0.2, 0.25) is 0 Å². The van der Waals surface area contributed by atoms with Crippen LogP contribution in [0.15, 0.2) is 30.9 Å². The lowest BCUT2D eigenvalue weighted by atomic mass is 10.2. The van der Waals surface area contributed by atoms with Crippen molar-refractivity contribution in [3.63, 3.8) is 0 Å². The molecule has 3 nitrogen and oxygen atoms in total. The first-order valence-electron chi connectivity index (χ1n) is 5.00. The summed E-state index contributed by atoms with van der Waals surface area (Å²) in [4.78, 5) is 12.1. The Labute approximate surface area is 102 Å². The molecule has 0 radical (unpaired) electrons. The highest BCUT2D eigenvalue weighted by atomic mass is 32.1. The number of nitrogens with one attached hydrogen (secondary N) is 1. The number of fused-ring (bicyclic) bond motifs is 1. The number of halogens is 1. The van der Waals surface area contributed by atoms with Crippen LogP contribution in [0.1, 0.15) is 9.67 Å². The summed E-state index contributed by atoms with van der Waals surface area (Å²) in [6, 6.07) is 4.67. The molecule has 2 aromatic rings. The van der Waals surface area contributed by atoms with Gasteiger partial charge in [-0.05, 0) is 12.1 Å². The molecule has 0 atom stereocenters. The minimum atomic E-state index is -0.404. The minimum Gasteiger partial charge on any atom is -0.397 e. The van der Waals surface area contributed by atoms with Gasteiger partial charge < -0.3 is 11.1 Å². The van der Waals surface area contributed by atoms with E-state index in [4.69, 9.17) is 5.73 Å². The van der Waals surface area contributed by atoms with E-state index in [9.17, 15) is 9.18 Å². The summed E-state index contributed by atoms with van der Waals surface area (Å²) in [5.41, 5.74) is 5.99. The Morgan fingerprint density at radius 2 is 2.35 bits per heavy atom. The van der Waals surface area contributed by atoms with Crippen molar-refractivity contribution in [1.29, 1.82) is 0 Å². The number of hydrogen-bond donors (Lipinski definition) is 2. The van der Waals surface area contributed by atoms with E-state index in [1.807, 2.05) is 0 Å². The van der Waals surface area contributed by atoms with Crippen molar-refractivity contribution in [3.05, 3.63) is 41.5 Å². The van der Waals surface area contributed by atoms with E-state index in [2.05, 4.69) is 11.9 Å². The Morgan fingerprint density at radius 3 is 3.00 bits per heavy atom. The normalized spacial score (nSPS) is 10.4. The van der Waals surface area contributed by atoms with Gasteiger partial charge >= 0.3 is 0 Å². The van der Waals surface area contributed by atoms with E-state index in [1.54, 1.807) is 18.2 Å². The lowest BCUT2D eigenvalue weighted by Gasteiger charge is -2.00. The fraction of sp³-hybridized carbons (Fsp3) is 0.0833. The van der Waals surface area contributed by atoms with E-state index >= 15 is 0 Å². The summed E-state index contributed by atoms with van der Waals surface area (Å²) >= 11 is 1.19. The molecule has 1 aromatic carbocycles. The molecule has 1 amide bonds. The molecule has 2 rings (SSSR count). The Kier molecular flexibility index (Phi) is 3.10. The second kappa shape index (κ2) is 4.55. The molecule has 0 bridgehead atoms. The molecule has 0 unspecified atom stereocenters. The number of thiophene rings is 1. The van der Waals surface area contributed by atoms with Crippen molar-refractivity contribution in [2.24, 2.45) is 0 Å². The van der Waals surface area contributed by atoms with E-state index in [-0.39, 0.29) is 11.6 Å². The third kappa shape index (κ3) is 2.01. The molecule has 88 valence electrons. The number of hydrogen-bond acceptors (Lipinski definition) is 3. The monoisotopic (exact) mass is 250 g/mol. The predicted octanol–water partition coefficient (Wildman–Crippen LogP) is 2.54. The molecule has 0 aliphatic rings. The Bertz CT molecular complexity index is 591. The summed E-state index contributed by atoms with van der Waals surface area (Å²) in [5, 5.41) is 2.94. The number of amides is 1. The van der Waals surface area contributed by atoms with Gasteiger partial charge in [0.1, 0.15) is 10.7 Å². The molecule has 5 heteroatoms. The Morgan fingerprint density at radius 1 is 1.59 bits per heavy atom. The van der Waals surface area contributed by atoms with Gasteiger partial charge in [-0.25, -0.2) is 4.39 Å². The van der Waals surface area contributed by atoms with Gasteiger partial charge in [0.25, 0.3) is 5.91 Å². The Hall–Kier alpha value is -1.88. The van der Waals surface area contributed by atoms with Crippen molar-refractivity contribution in [3.8, 4) is 0 Å². The highest BCUT2D eigenvalue weighted by Crippen LogP contribution is 2.35. The van der Waals surface area contributed by atoms with Crippen LogP contribution in [0.25, 0.3) is 10.1 Å². The van der Waals surface area contributed by atoms with Crippen LogP contribution in [-0.2, 0) is 0 Å². The van der Waals surface area contributed by atoms with Crippen molar-refractivity contribution in [2.45, 2.75) is 0 Å². The molecular weight excluding hydrogens is 239 g/mol. The zero-order valence-electron chi connectivity index (χ0n) is 9.00. The number of carbonyl (C=O) groups excluding carboxylic acids is 1. The van der Waals surface area contributed by atoms with Crippen LogP contribution in [0.3, 0.4) is 0 Å².